The van der Waals surface area contributed by atoms with Gasteiger partial charge >= 0.3 is 5.97 Å². The number of esters is 1. The number of para-hydroxylation sites is 1. The van der Waals surface area contributed by atoms with Crippen LogP contribution in [0.5, 0.6) is 5.75 Å². The zero-order valence-corrected chi connectivity index (χ0v) is 23.5. The Kier molecular flexibility index (Phi) is 7.24. The number of fused-ring (bicyclic) bond motifs is 1. The van der Waals surface area contributed by atoms with Gasteiger partial charge in [0.15, 0.2) is 5.78 Å². The lowest BCUT2D eigenvalue weighted by atomic mass is 9.71. The highest BCUT2D eigenvalue weighted by Gasteiger charge is 2.43. The van der Waals surface area contributed by atoms with Gasteiger partial charge in [0.1, 0.15) is 11.9 Å². The number of rotatable bonds is 7. The lowest BCUT2D eigenvalue weighted by molar-refractivity contribution is -0.144. The third kappa shape index (κ3) is 4.73. The molecule has 2 N–H and O–H groups in total. The summed E-state index contributed by atoms with van der Waals surface area (Å²) >= 11 is 0. The van der Waals surface area contributed by atoms with E-state index in [1.54, 1.807) is 7.11 Å². The Balaban J connectivity index is 0.00000202. The van der Waals surface area contributed by atoms with Crippen molar-refractivity contribution in [2.24, 2.45) is 0 Å². The summed E-state index contributed by atoms with van der Waals surface area (Å²) in [5.41, 5.74) is 5.79. The van der Waals surface area contributed by atoms with Crippen LogP contribution in [0.2, 0.25) is 0 Å². The molecule has 7 nitrogen and oxygen atoms in total. The molecule has 40 heavy (non-hydrogen) atoms. The van der Waals surface area contributed by atoms with Gasteiger partial charge in [-0.15, -0.1) is 0 Å². The molecule has 212 valence electrons. The maximum absolute atomic E-state index is 14.1. The van der Waals surface area contributed by atoms with E-state index < -0.39 is 5.92 Å². The topological polar surface area (TPSA) is 83.7 Å². The van der Waals surface area contributed by atoms with Crippen molar-refractivity contribution in [3.05, 3.63) is 88.4 Å². The number of dihydropyridines is 1. The normalized spacial score (nSPS) is 23.4. The summed E-state index contributed by atoms with van der Waals surface area (Å²) in [7, 11) is 1.66. The van der Waals surface area contributed by atoms with Gasteiger partial charge in [0.05, 0.1) is 12.7 Å². The molecule has 2 aliphatic heterocycles. The first-order valence-corrected chi connectivity index (χ1v) is 14.3. The van der Waals surface area contributed by atoms with Crippen molar-refractivity contribution in [1.82, 2.24) is 15.2 Å². The minimum atomic E-state index is -0.498. The largest absolute Gasteiger partial charge is 0.496 e. The molecule has 1 aromatic heterocycles. The number of nitrogens with zero attached hydrogens (tertiary/aromatic N) is 1. The number of H-pyrrole nitrogens is 1. The molecule has 1 saturated heterocycles. The van der Waals surface area contributed by atoms with Gasteiger partial charge in [-0.2, -0.15) is 0 Å². The number of aromatic amines is 1. The van der Waals surface area contributed by atoms with Crippen LogP contribution in [0.25, 0.3) is 10.9 Å². The number of hydrogen-bond donors (Lipinski definition) is 2. The van der Waals surface area contributed by atoms with E-state index in [1.807, 2.05) is 61.7 Å². The molecule has 0 amide bonds. The molecular weight excluding hydrogens is 502 g/mol. The lowest BCUT2D eigenvalue weighted by Gasteiger charge is -2.37. The summed E-state index contributed by atoms with van der Waals surface area (Å²) in [6.07, 6.45) is 4.69. The van der Waals surface area contributed by atoms with Crippen LogP contribution in [0.1, 0.15) is 65.3 Å². The van der Waals surface area contributed by atoms with Crippen molar-refractivity contribution in [2.45, 2.75) is 57.5 Å². The number of ether oxygens (including phenoxy) is 2. The van der Waals surface area contributed by atoms with Crippen LogP contribution in [0.15, 0.2) is 77.3 Å². The number of ketones is 1. The molecule has 0 saturated carbocycles. The van der Waals surface area contributed by atoms with Crippen LogP contribution in [0, 0.1) is 0 Å². The lowest BCUT2D eigenvalue weighted by Crippen LogP contribution is -2.37. The predicted octanol–water partition coefficient (Wildman–Crippen LogP) is 6.06. The maximum atomic E-state index is 14.1. The number of carbonyl (C=O) groups is 2. The Morgan fingerprint density at radius 2 is 1.93 bits per heavy atom. The maximum Gasteiger partial charge on any atom is 0.337 e. The molecule has 3 aromatic rings. The molecule has 1 fully saturated rings. The summed E-state index contributed by atoms with van der Waals surface area (Å²) in [5, 5.41) is 4.50. The SMILES string of the molecule is CCCN1CC[C@H](OC(=O)C2=C(C)NC3=C(C(=O)C[C@H](c4ccccc4OC)C3)C2c2cccc3[nH]ccc23)C1.[HH].[HH]. The molecular formula is C33H41N3O4. The van der Waals surface area contributed by atoms with Gasteiger partial charge in [-0.05, 0) is 62.1 Å². The van der Waals surface area contributed by atoms with E-state index >= 15 is 0 Å². The number of hydrogen-bond acceptors (Lipinski definition) is 6. The Morgan fingerprint density at radius 1 is 1.10 bits per heavy atom. The molecule has 0 bridgehead atoms. The molecule has 2 aromatic carbocycles. The summed E-state index contributed by atoms with van der Waals surface area (Å²) in [6, 6.07) is 16.0. The smallest absolute Gasteiger partial charge is 0.337 e. The molecule has 1 unspecified atom stereocenters. The molecule has 7 heteroatoms. The van der Waals surface area contributed by atoms with E-state index in [1.165, 1.54) is 0 Å². The second-order valence-corrected chi connectivity index (χ2v) is 11.2. The summed E-state index contributed by atoms with van der Waals surface area (Å²) in [5.74, 6) is -0.00320. The Hall–Kier alpha value is -3.84. The highest BCUT2D eigenvalue weighted by Crippen LogP contribution is 2.48. The number of Topliss-reactive ketones (excluding diaryl/α,β-unsaturated/α-hetero) is 1. The first-order valence-electron chi connectivity index (χ1n) is 14.3. The van der Waals surface area contributed by atoms with Crippen molar-refractivity contribution in [2.75, 3.05) is 26.7 Å². The van der Waals surface area contributed by atoms with Gasteiger partial charge in [0.2, 0.25) is 0 Å². The summed E-state index contributed by atoms with van der Waals surface area (Å²) in [6.45, 7) is 6.79. The average molecular weight is 544 g/mol. The van der Waals surface area contributed by atoms with Gasteiger partial charge in [-0.3, -0.25) is 9.69 Å². The van der Waals surface area contributed by atoms with E-state index in [9.17, 15) is 9.59 Å². The van der Waals surface area contributed by atoms with Crippen LogP contribution in [0.3, 0.4) is 0 Å². The summed E-state index contributed by atoms with van der Waals surface area (Å²) < 4.78 is 11.8. The average Bonchev–Trinajstić information content (AvgIpc) is 3.61. The number of carbonyl (C=O) groups excluding carboxylic acids is 2. The van der Waals surface area contributed by atoms with Crippen molar-refractivity contribution >= 4 is 22.7 Å². The number of methoxy groups -OCH3 is 1. The fourth-order valence-electron chi connectivity index (χ4n) is 6.83. The van der Waals surface area contributed by atoms with E-state index in [0.29, 0.717) is 24.0 Å². The Bertz CT molecular complexity index is 1530. The zero-order valence-electron chi connectivity index (χ0n) is 23.5. The molecule has 3 atom stereocenters. The van der Waals surface area contributed by atoms with Crippen LogP contribution < -0.4 is 10.1 Å². The Labute approximate surface area is 238 Å². The fourth-order valence-corrected chi connectivity index (χ4v) is 6.83. The first kappa shape index (κ1) is 26.4. The monoisotopic (exact) mass is 543 g/mol. The predicted molar refractivity (Wildman–Crippen MR) is 159 cm³/mol. The van der Waals surface area contributed by atoms with Gasteiger partial charge in [0.25, 0.3) is 0 Å². The van der Waals surface area contributed by atoms with Gasteiger partial charge in [-0.1, -0.05) is 37.3 Å². The molecule has 0 spiro atoms. The quantitative estimate of drug-likeness (QED) is 0.353. The first-order chi connectivity index (χ1) is 19.5. The number of benzene rings is 2. The van der Waals surface area contributed by atoms with Gasteiger partial charge in [0, 0.05) is 68.3 Å². The molecule has 1 aliphatic carbocycles. The molecule has 0 radical (unpaired) electrons. The third-order valence-corrected chi connectivity index (χ3v) is 8.61. The minimum absolute atomic E-state index is 0. The highest BCUT2D eigenvalue weighted by atomic mass is 16.5. The van der Waals surface area contributed by atoms with E-state index in [4.69, 9.17) is 9.47 Å². The molecule has 6 rings (SSSR count). The van der Waals surface area contributed by atoms with E-state index in [0.717, 1.165) is 71.6 Å². The van der Waals surface area contributed by atoms with Crippen molar-refractivity contribution < 1.29 is 21.9 Å². The second kappa shape index (κ2) is 11.0. The number of allylic oxidation sites excluding steroid dienone is 3. The van der Waals surface area contributed by atoms with Crippen LogP contribution in [-0.4, -0.2) is 54.5 Å². The second-order valence-electron chi connectivity index (χ2n) is 11.2. The van der Waals surface area contributed by atoms with Crippen molar-refractivity contribution in [1.29, 1.82) is 0 Å². The standard InChI is InChI=1S/C33H37N3O4.2H2/c1-4-15-36-16-13-22(19-36)40-33(38)30-20(2)35-27-17-21(23-8-5-6-11-29(23)39-3)18-28(37)32(27)31(30)25-9-7-10-26-24(25)12-14-34-26;;/h5-12,14,21-22,31,34-35H,4,13,15-19H2,1-3H3;2*1H/t21-,22+,31?;;/m1../s1. The van der Waals surface area contributed by atoms with Crippen LogP contribution in [0.4, 0.5) is 0 Å². The number of nitrogens with one attached hydrogen (secondary N) is 2. The number of aromatic nitrogens is 1. The van der Waals surface area contributed by atoms with Crippen LogP contribution in [-0.2, 0) is 14.3 Å². The van der Waals surface area contributed by atoms with E-state index in [2.05, 4.69) is 22.1 Å². The van der Waals surface area contributed by atoms with E-state index in [-0.39, 0.29) is 26.6 Å². The highest BCUT2D eigenvalue weighted by molar-refractivity contribution is 6.05. The molecule has 3 aliphatic rings. The van der Waals surface area contributed by atoms with Crippen LogP contribution >= 0.6 is 0 Å². The fraction of sp³-hybridized carbons (Fsp3) is 0.394. The Morgan fingerprint density at radius 3 is 2.75 bits per heavy atom. The summed E-state index contributed by atoms with van der Waals surface area (Å²) in [4.78, 5) is 33.7. The molecule has 3 heterocycles. The van der Waals surface area contributed by atoms with Gasteiger partial charge < -0.3 is 19.8 Å². The van der Waals surface area contributed by atoms with Gasteiger partial charge in [-0.25, -0.2) is 4.79 Å². The zero-order chi connectivity index (χ0) is 27.8. The number of likely N-dealkylation sites (tertiary alicyclic amines) is 1. The third-order valence-electron chi connectivity index (χ3n) is 8.61. The minimum Gasteiger partial charge on any atom is -0.496 e. The van der Waals surface area contributed by atoms with Crippen molar-refractivity contribution in [3.63, 3.8) is 0 Å². The van der Waals surface area contributed by atoms with Crippen molar-refractivity contribution in [3.8, 4) is 5.75 Å².